The van der Waals surface area contributed by atoms with E-state index in [1.54, 1.807) is 31.8 Å². The number of anilines is 2. The van der Waals surface area contributed by atoms with Crippen molar-refractivity contribution < 1.29 is 9.47 Å². The molecular weight excluding hydrogens is 356 g/mol. The topological polar surface area (TPSA) is 43.4 Å². The van der Waals surface area contributed by atoms with Gasteiger partial charge in [0.15, 0.2) is 0 Å². The van der Waals surface area contributed by atoms with Crippen LogP contribution in [0.5, 0.6) is 11.5 Å². The molecular formula is C22H20N2O2S. The fraction of sp³-hybridized carbons (Fsp3) is 0.136. The molecule has 2 aromatic carbocycles. The summed E-state index contributed by atoms with van der Waals surface area (Å²) in [5.41, 5.74) is 5.25. The molecule has 0 saturated heterocycles. The van der Waals surface area contributed by atoms with Crippen LogP contribution in [0.25, 0.3) is 21.3 Å². The Balaban J connectivity index is 1.75. The second-order valence-electron chi connectivity index (χ2n) is 6.31. The molecule has 0 spiro atoms. The van der Waals surface area contributed by atoms with Crippen molar-refractivity contribution in [3.63, 3.8) is 0 Å². The van der Waals surface area contributed by atoms with Gasteiger partial charge in [0.05, 0.1) is 19.7 Å². The van der Waals surface area contributed by atoms with Crippen LogP contribution in [0.1, 0.15) is 5.56 Å². The number of rotatable bonds is 5. The number of nitrogens with one attached hydrogen (secondary N) is 1. The van der Waals surface area contributed by atoms with Gasteiger partial charge < -0.3 is 14.8 Å². The molecule has 0 radical (unpaired) electrons. The highest BCUT2D eigenvalue weighted by molar-refractivity contribution is 7.13. The van der Waals surface area contributed by atoms with Gasteiger partial charge in [0.1, 0.15) is 11.5 Å². The van der Waals surface area contributed by atoms with E-state index in [2.05, 4.69) is 40.8 Å². The number of ether oxygens (including phenoxy) is 2. The number of aryl methyl sites for hydroxylation is 1. The third-order valence-corrected chi connectivity index (χ3v) is 5.48. The van der Waals surface area contributed by atoms with Gasteiger partial charge in [-0.15, -0.1) is 11.3 Å². The summed E-state index contributed by atoms with van der Waals surface area (Å²) in [6, 6.07) is 16.3. The lowest BCUT2D eigenvalue weighted by Gasteiger charge is -2.13. The van der Waals surface area contributed by atoms with E-state index in [1.165, 1.54) is 10.4 Å². The molecule has 0 aliphatic rings. The van der Waals surface area contributed by atoms with Gasteiger partial charge >= 0.3 is 0 Å². The average molecular weight is 376 g/mol. The molecule has 136 valence electrons. The maximum Gasteiger partial charge on any atom is 0.121 e. The predicted molar refractivity (Wildman–Crippen MR) is 113 cm³/mol. The van der Waals surface area contributed by atoms with Crippen molar-refractivity contribution in [2.75, 3.05) is 19.5 Å². The molecule has 0 unspecified atom stereocenters. The van der Waals surface area contributed by atoms with Crippen LogP contribution >= 0.6 is 11.3 Å². The smallest absolute Gasteiger partial charge is 0.121 e. The zero-order valence-corrected chi connectivity index (χ0v) is 16.3. The number of nitrogens with zero attached hydrogens (tertiary/aromatic N) is 1. The minimum atomic E-state index is 0.795. The molecule has 1 N–H and O–H groups in total. The SMILES string of the molecule is COc1cc(Nc2ccnc3cc(OC)ccc23)cc(-c2cc(C)cs2)c1. The minimum absolute atomic E-state index is 0.795. The van der Waals surface area contributed by atoms with Gasteiger partial charge in [0.25, 0.3) is 0 Å². The Morgan fingerprint density at radius 2 is 1.78 bits per heavy atom. The van der Waals surface area contributed by atoms with Crippen LogP contribution < -0.4 is 14.8 Å². The summed E-state index contributed by atoms with van der Waals surface area (Å²) >= 11 is 1.74. The lowest BCUT2D eigenvalue weighted by atomic mass is 10.1. The fourth-order valence-corrected chi connectivity index (χ4v) is 3.92. The Kier molecular flexibility index (Phi) is 4.69. The van der Waals surface area contributed by atoms with Crippen LogP contribution in [-0.2, 0) is 0 Å². The van der Waals surface area contributed by atoms with Crippen LogP contribution in [0.4, 0.5) is 11.4 Å². The van der Waals surface area contributed by atoms with E-state index >= 15 is 0 Å². The van der Waals surface area contributed by atoms with Gasteiger partial charge in [-0.1, -0.05) is 0 Å². The lowest BCUT2D eigenvalue weighted by Crippen LogP contribution is -1.95. The van der Waals surface area contributed by atoms with Crippen LogP contribution in [0.15, 0.2) is 60.1 Å². The summed E-state index contributed by atoms with van der Waals surface area (Å²) in [6.45, 7) is 2.11. The molecule has 27 heavy (non-hydrogen) atoms. The minimum Gasteiger partial charge on any atom is -0.497 e. The normalized spacial score (nSPS) is 10.8. The summed E-state index contributed by atoms with van der Waals surface area (Å²) in [4.78, 5) is 5.67. The average Bonchev–Trinajstić information content (AvgIpc) is 3.14. The second kappa shape index (κ2) is 7.29. The number of thiophene rings is 1. The summed E-state index contributed by atoms with van der Waals surface area (Å²) in [6.07, 6.45) is 1.80. The van der Waals surface area contributed by atoms with E-state index in [4.69, 9.17) is 9.47 Å². The number of methoxy groups -OCH3 is 2. The molecule has 0 aliphatic carbocycles. The van der Waals surface area contributed by atoms with Gasteiger partial charge in [0.2, 0.25) is 0 Å². The first-order chi connectivity index (χ1) is 13.2. The van der Waals surface area contributed by atoms with Crippen LogP contribution in [0, 0.1) is 6.92 Å². The number of pyridine rings is 1. The summed E-state index contributed by atoms with van der Waals surface area (Å²) in [7, 11) is 3.35. The van der Waals surface area contributed by atoms with E-state index in [0.29, 0.717) is 0 Å². The largest absolute Gasteiger partial charge is 0.497 e. The monoisotopic (exact) mass is 376 g/mol. The van der Waals surface area contributed by atoms with Crippen molar-refractivity contribution in [2.45, 2.75) is 6.92 Å². The molecule has 4 aromatic rings. The number of hydrogen-bond acceptors (Lipinski definition) is 5. The zero-order chi connectivity index (χ0) is 18.8. The standard InChI is InChI=1S/C22H20N2O2S/c1-14-8-22(27-13-14)15-9-16(11-18(10-15)26-3)24-20-6-7-23-21-12-17(25-2)4-5-19(20)21/h4-13H,1-3H3,(H,23,24). The first kappa shape index (κ1) is 17.4. The van der Waals surface area contributed by atoms with E-state index in [1.807, 2.05) is 30.3 Å². The molecule has 5 heteroatoms. The fourth-order valence-electron chi connectivity index (χ4n) is 3.03. The molecule has 4 nitrogen and oxygen atoms in total. The maximum atomic E-state index is 5.52. The molecule has 0 amide bonds. The molecule has 0 bridgehead atoms. The number of hydrogen-bond donors (Lipinski definition) is 1. The first-order valence-electron chi connectivity index (χ1n) is 8.60. The van der Waals surface area contributed by atoms with E-state index in [-0.39, 0.29) is 0 Å². The number of aromatic nitrogens is 1. The van der Waals surface area contributed by atoms with Crippen LogP contribution in [0.3, 0.4) is 0 Å². The second-order valence-corrected chi connectivity index (χ2v) is 7.22. The van der Waals surface area contributed by atoms with Crippen molar-refractivity contribution in [3.8, 4) is 21.9 Å². The summed E-state index contributed by atoms with van der Waals surface area (Å²) in [5.74, 6) is 1.62. The highest BCUT2D eigenvalue weighted by atomic mass is 32.1. The highest BCUT2D eigenvalue weighted by Crippen LogP contribution is 2.35. The molecule has 4 rings (SSSR count). The molecule has 0 atom stereocenters. The number of benzene rings is 2. The molecule has 0 fully saturated rings. The first-order valence-corrected chi connectivity index (χ1v) is 9.48. The Morgan fingerprint density at radius 1 is 0.926 bits per heavy atom. The van der Waals surface area contributed by atoms with Crippen molar-refractivity contribution in [2.24, 2.45) is 0 Å². The molecule has 0 saturated carbocycles. The predicted octanol–water partition coefficient (Wildman–Crippen LogP) is 6.03. The van der Waals surface area contributed by atoms with E-state index in [0.717, 1.165) is 39.3 Å². The third-order valence-electron chi connectivity index (χ3n) is 4.39. The Bertz CT molecular complexity index is 1100. The number of fused-ring (bicyclic) bond motifs is 1. The van der Waals surface area contributed by atoms with Gasteiger partial charge in [-0.3, -0.25) is 4.98 Å². The van der Waals surface area contributed by atoms with Gasteiger partial charge in [-0.25, -0.2) is 0 Å². The van der Waals surface area contributed by atoms with Crippen molar-refractivity contribution >= 4 is 33.6 Å². The summed E-state index contributed by atoms with van der Waals surface area (Å²) in [5, 5.41) is 6.71. The third kappa shape index (κ3) is 3.59. The Labute approximate surface area is 162 Å². The molecule has 2 heterocycles. The van der Waals surface area contributed by atoms with Crippen LogP contribution in [-0.4, -0.2) is 19.2 Å². The Morgan fingerprint density at radius 3 is 2.52 bits per heavy atom. The van der Waals surface area contributed by atoms with E-state index in [9.17, 15) is 0 Å². The highest BCUT2D eigenvalue weighted by Gasteiger charge is 2.08. The Hall–Kier alpha value is -3.05. The lowest BCUT2D eigenvalue weighted by molar-refractivity contribution is 0.415. The molecule has 0 aliphatic heterocycles. The molecule has 2 aromatic heterocycles. The van der Waals surface area contributed by atoms with E-state index < -0.39 is 0 Å². The van der Waals surface area contributed by atoms with Gasteiger partial charge in [0, 0.05) is 40.0 Å². The zero-order valence-electron chi connectivity index (χ0n) is 15.4. The van der Waals surface area contributed by atoms with Gasteiger partial charge in [-0.05, 0) is 59.8 Å². The quantitative estimate of drug-likeness (QED) is 0.462. The maximum absolute atomic E-state index is 5.52. The van der Waals surface area contributed by atoms with Crippen molar-refractivity contribution in [1.29, 1.82) is 0 Å². The van der Waals surface area contributed by atoms with Crippen molar-refractivity contribution in [1.82, 2.24) is 4.98 Å². The summed E-state index contributed by atoms with van der Waals surface area (Å²) < 4.78 is 10.8. The van der Waals surface area contributed by atoms with Gasteiger partial charge in [-0.2, -0.15) is 0 Å². The van der Waals surface area contributed by atoms with Crippen LogP contribution in [0.2, 0.25) is 0 Å². The van der Waals surface area contributed by atoms with Crippen molar-refractivity contribution in [3.05, 3.63) is 65.7 Å².